The number of halogens is 3. The van der Waals surface area contributed by atoms with Crippen LogP contribution in [0.3, 0.4) is 0 Å². The molecular weight excluding hydrogens is 342 g/mol. The molecule has 1 heterocycles. The van der Waals surface area contributed by atoms with Gasteiger partial charge in [0.2, 0.25) is 0 Å². The van der Waals surface area contributed by atoms with Crippen molar-refractivity contribution in [2.75, 3.05) is 0 Å². The molecule has 0 spiro atoms. The second-order valence-corrected chi connectivity index (χ2v) is 6.03. The van der Waals surface area contributed by atoms with Gasteiger partial charge in [0.25, 0.3) is 0 Å². The maximum atomic E-state index is 13.9. The van der Waals surface area contributed by atoms with Crippen LogP contribution in [0, 0.1) is 11.6 Å². The number of benzene rings is 1. The normalized spacial score (nSPS) is 14.2. The van der Waals surface area contributed by atoms with Crippen LogP contribution in [0.4, 0.5) is 8.78 Å². The molecular formula is C15H17BrF2N2O. The van der Waals surface area contributed by atoms with Gasteiger partial charge in [-0.2, -0.15) is 5.10 Å². The van der Waals surface area contributed by atoms with Crippen LogP contribution in [0.1, 0.15) is 30.8 Å². The lowest BCUT2D eigenvalue weighted by molar-refractivity contribution is 0.0509. The molecule has 0 saturated heterocycles. The van der Waals surface area contributed by atoms with Crippen LogP contribution in [-0.4, -0.2) is 14.9 Å². The van der Waals surface area contributed by atoms with E-state index in [-0.39, 0.29) is 12.0 Å². The van der Waals surface area contributed by atoms with E-state index in [4.69, 9.17) is 0 Å². The highest BCUT2D eigenvalue weighted by Gasteiger charge is 2.31. The van der Waals surface area contributed by atoms with E-state index in [1.165, 1.54) is 19.1 Å². The minimum Gasteiger partial charge on any atom is -0.385 e. The van der Waals surface area contributed by atoms with E-state index in [0.29, 0.717) is 0 Å². The lowest BCUT2D eigenvalue weighted by Gasteiger charge is -2.24. The van der Waals surface area contributed by atoms with E-state index >= 15 is 0 Å². The number of aliphatic hydroxyl groups is 1. The first-order valence-electron chi connectivity index (χ1n) is 6.65. The average molecular weight is 359 g/mol. The van der Waals surface area contributed by atoms with Gasteiger partial charge < -0.3 is 5.11 Å². The highest BCUT2D eigenvalue weighted by atomic mass is 79.9. The summed E-state index contributed by atoms with van der Waals surface area (Å²) in [6.45, 7) is 3.44. The number of rotatable bonds is 4. The number of aromatic nitrogens is 2. The van der Waals surface area contributed by atoms with Gasteiger partial charge in [0.05, 0.1) is 21.5 Å². The van der Waals surface area contributed by atoms with Crippen molar-refractivity contribution in [1.82, 2.24) is 9.78 Å². The molecule has 3 nitrogen and oxygen atoms in total. The SMILES string of the molecule is CCc1nn(C)c(CC(C)(O)c2cccc(F)c2F)c1Br. The van der Waals surface area contributed by atoms with Gasteiger partial charge in [0.15, 0.2) is 11.6 Å². The molecule has 1 aromatic heterocycles. The van der Waals surface area contributed by atoms with Crippen molar-refractivity contribution in [1.29, 1.82) is 0 Å². The molecule has 6 heteroatoms. The average Bonchev–Trinajstić information content (AvgIpc) is 2.68. The van der Waals surface area contributed by atoms with Crippen LogP contribution in [0.15, 0.2) is 22.7 Å². The van der Waals surface area contributed by atoms with Gasteiger partial charge >= 0.3 is 0 Å². The van der Waals surface area contributed by atoms with Crippen molar-refractivity contribution in [3.8, 4) is 0 Å². The van der Waals surface area contributed by atoms with E-state index in [0.717, 1.165) is 28.3 Å². The Morgan fingerprint density at radius 3 is 2.62 bits per heavy atom. The molecule has 0 aliphatic heterocycles. The van der Waals surface area contributed by atoms with Gasteiger partial charge in [-0.1, -0.05) is 19.1 Å². The Kier molecular flexibility index (Phi) is 4.49. The second kappa shape index (κ2) is 5.85. The fourth-order valence-corrected chi connectivity index (χ4v) is 3.11. The summed E-state index contributed by atoms with van der Waals surface area (Å²) in [6.07, 6.45) is 0.863. The topological polar surface area (TPSA) is 38.0 Å². The highest BCUT2D eigenvalue weighted by molar-refractivity contribution is 9.10. The quantitative estimate of drug-likeness (QED) is 0.908. The molecule has 21 heavy (non-hydrogen) atoms. The van der Waals surface area contributed by atoms with E-state index in [9.17, 15) is 13.9 Å². The van der Waals surface area contributed by atoms with Crippen molar-refractivity contribution in [2.45, 2.75) is 32.3 Å². The minimum atomic E-state index is -1.53. The van der Waals surface area contributed by atoms with Gasteiger partial charge in [-0.25, -0.2) is 8.78 Å². The van der Waals surface area contributed by atoms with Crippen molar-refractivity contribution >= 4 is 15.9 Å². The smallest absolute Gasteiger partial charge is 0.164 e. The van der Waals surface area contributed by atoms with Crippen molar-refractivity contribution in [3.63, 3.8) is 0 Å². The van der Waals surface area contributed by atoms with Gasteiger partial charge in [0, 0.05) is 19.0 Å². The lowest BCUT2D eigenvalue weighted by Crippen LogP contribution is -2.27. The van der Waals surface area contributed by atoms with Gasteiger partial charge in [0.1, 0.15) is 0 Å². The Balaban J connectivity index is 2.42. The summed E-state index contributed by atoms with van der Waals surface area (Å²) in [5.74, 6) is -1.98. The molecule has 0 radical (unpaired) electrons. The molecule has 114 valence electrons. The number of aryl methyl sites for hydroxylation is 2. The van der Waals surface area contributed by atoms with E-state index in [2.05, 4.69) is 21.0 Å². The van der Waals surface area contributed by atoms with Gasteiger partial charge in [-0.15, -0.1) is 0 Å². The van der Waals surface area contributed by atoms with Crippen LogP contribution >= 0.6 is 15.9 Å². The molecule has 0 amide bonds. The van der Waals surface area contributed by atoms with E-state index < -0.39 is 17.2 Å². The summed E-state index contributed by atoms with van der Waals surface area (Å²) in [5, 5.41) is 14.9. The molecule has 1 aromatic carbocycles. The third kappa shape index (κ3) is 3.01. The third-order valence-corrected chi connectivity index (χ3v) is 4.46. The molecule has 0 bridgehead atoms. The summed E-state index contributed by atoms with van der Waals surface area (Å²) in [7, 11) is 1.76. The monoisotopic (exact) mass is 358 g/mol. The van der Waals surface area contributed by atoms with Crippen LogP contribution in [0.2, 0.25) is 0 Å². The maximum absolute atomic E-state index is 13.9. The summed E-state index contributed by atoms with van der Waals surface area (Å²) < 4.78 is 29.7. The fourth-order valence-electron chi connectivity index (χ4n) is 2.35. The van der Waals surface area contributed by atoms with Crippen molar-refractivity contribution in [3.05, 3.63) is 51.3 Å². The van der Waals surface area contributed by atoms with Crippen LogP contribution in [0.5, 0.6) is 0 Å². The van der Waals surface area contributed by atoms with E-state index in [1.54, 1.807) is 11.7 Å². The first-order chi connectivity index (χ1) is 9.77. The Hall–Kier alpha value is -1.27. The Bertz CT molecular complexity index is 668. The molecule has 0 aliphatic rings. The minimum absolute atomic E-state index is 0.0614. The first kappa shape index (κ1) is 16.1. The van der Waals surface area contributed by atoms with Crippen molar-refractivity contribution in [2.24, 2.45) is 7.05 Å². The maximum Gasteiger partial charge on any atom is 0.164 e. The Labute approximate surface area is 130 Å². The number of hydrogen-bond acceptors (Lipinski definition) is 2. The zero-order valence-corrected chi connectivity index (χ0v) is 13.7. The molecule has 1 atom stereocenters. The zero-order valence-electron chi connectivity index (χ0n) is 12.1. The standard InChI is InChI=1S/C15H17BrF2N2O/c1-4-11-13(16)12(20(3)19-11)8-15(2,21)9-6-5-7-10(17)14(9)18/h5-7,21H,4,8H2,1-3H3. The number of nitrogens with zero attached hydrogens (tertiary/aromatic N) is 2. The molecule has 0 aliphatic carbocycles. The zero-order chi connectivity index (χ0) is 15.8. The summed E-state index contributed by atoms with van der Waals surface area (Å²) >= 11 is 3.46. The molecule has 1 unspecified atom stereocenters. The van der Waals surface area contributed by atoms with E-state index in [1.807, 2.05) is 6.92 Å². The first-order valence-corrected chi connectivity index (χ1v) is 7.44. The molecule has 2 aromatic rings. The Morgan fingerprint density at radius 1 is 1.38 bits per heavy atom. The van der Waals surface area contributed by atoms with Crippen LogP contribution in [0.25, 0.3) is 0 Å². The molecule has 0 saturated carbocycles. The van der Waals surface area contributed by atoms with Crippen LogP contribution < -0.4 is 0 Å². The highest BCUT2D eigenvalue weighted by Crippen LogP contribution is 2.32. The fraction of sp³-hybridized carbons (Fsp3) is 0.400. The van der Waals surface area contributed by atoms with Crippen molar-refractivity contribution < 1.29 is 13.9 Å². The molecule has 2 rings (SSSR count). The molecule has 0 fully saturated rings. The Morgan fingerprint density at radius 2 is 2.05 bits per heavy atom. The predicted molar refractivity (Wildman–Crippen MR) is 79.9 cm³/mol. The molecule has 1 N–H and O–H groups in total. The second-order valence-electron chi connectivity index (χ2n) is 5.24. The van der Waals surface area contributed by atoms with Gasteiger partial charge in [-0.3, -0.25) is 4.68 Å². The largest absolute Gasteiger partial charge is 0.385 e. The summed E-state index contributed by atoms with van der Waals surface area (Å²) in [5.41, 5.74) is 0.00483. The summed E-state index contributed by atoms with van der Waals surface area (Å²) in [4.78, 5) is 0. The number of hydrogen-bond donors (Lipinski definition) is 1. The summed E-state index contributed by atoms with van der Waals surface area (Å²) in [6, 6.07) is 3.81. The van der Waals surface area contributed by atoms with Gasteiger partial charge in [-0.05, 0) is 35.3 Å². The van der Waals surface area contributed by atoms with Crippen LogP contribution in [-0.2, 0) is 25.5 Å². The lowest BCUT2D eigenvalue weighted by atomic mass is 9.90. The predicted octanol–water partition coefficient (Wildman–Crippen LogP) is 3.47. The third-order valence-electron chi connectivity index (χ3n) is 3.55.